The summed E-state index contributed by atoms with van der Waals surface area (Å²) >= 11 is 1.32. The summed E-state index contributed by atoms with van der Waals surface area (Å²) < 4.78 is 0. The Morgan fingerprint density at radius 3 is 2.57 bits per heavy atom. The zero-order valence-corrected chi connectivity index (χ0v) is 18.9. The number of carbonyl (C=O) groups is 3. The normalized spacial score (nSPS) is 42.7. The summed E-state index contributed by atoms with van der Waals surface area (Å²) in [5.41, 5.74) is -0.267. The number of fused-ring (bicyclic) bond motifs is 5. The van der Waals surface area contributed by atoms with Crippen molar-refractivity contribution < 1.29 is 24.6 Å². The van der Waals surface area contributed by atoms with Gasteiger partial charge in [0.05, 0.1) is 12.2 Å². The van der Waals surface area contributed by atoms with Crippen molar-refractivity contribution in [1.82, 2.24) is 0 Å². The van der Waals surface area contributed by atoms with Crippen LogP contribution in [0.25, 0.3) is 0 Å². The summed E-state index contributed by atoms with van der Waals surface area (Å²) in [6.45, 7) is 4.47. The Kier molecular flexibility index (Phi) is 5.72. The van der Waals surface area contributed by atoms with Crippen molar-refractivity contribution in [3.05, 3.63) is 11.6 Å². The van der Waals surface area contributed by atoms with Gasteiger partial charge in [-0.05, 0) is 74.2 Å². The molecule has 0 aromatic carbocycles. The topological polar surface area (TPSA) is 91.7 Å². The number of carboxylic acids is 1. The number of carboxylic acid groups (broad SMARTS) is 1. The van der Waals surface area contributed by atoms with Crippen LogP contribution in [0.2, 0.25) is 0 Å². The van der Waals surface area contributed by atoms with Gasteiger partial charge in [0.1, 0.15) is 5.60 Å². The number of carbonyl (C=O) groups excluding carboxylic acids is 2. The lowest BCUT2D eigenvalue weighted by atomic mass is 9.46. The first kappa shape index (κ1) is 22.1. The fourth-order valence-electron chi connectivity index (χ4n) is 7.48. The second-order valence-corrected chi connectivity index (χ2v) is 11.5. The van der Waals surface area contributed by atoms with Crippen molar-refractivity contribution >= 4 is 29.3 Å². The monoisotopic (exact) mass is 434 g/mol. The summed E-state index contributed by atoms with van der Waals surface area (Å²) in [4.78, 5) is 35.8. The van der Waals surface area contributed by atoms with Crippen LogP contribution in [0.5, 0.6) is 0 Å². The third-order valence-corrected chi connectivity index (χ3v) is 10.2. The molecular weight excluding hydrogens is 400 g/mol. The van der Waals surface area contributed by atoms with E-state index in [0.717, 1.165) is 38.5 Å². The van der Waals surface area contributed by atoms with E-state index >= 15 is 0 Å². The lowest BCUT2D eigenvalue weighted by molar-refractivity contribution is -0.159. The molecule has 0 aromatic heterocycles. The van der Waals surface area contributed by atoms with Gasteiger partial charge in [0.2, 0.25) is 0 Å². The lowest BCUT2D eigenvalue weighted by Gasteiger charge is -2.58. The van der Waals surface area contributed by atoms with E-state index in [4.69, 9.17) is 5.11 Å². The number of allylic oxidation sites excluding steroid dienone is 1. The molecule has 0 amide bonds. The molecule has 6 heteroatoms. The van der Waals surface area contributed by atoms with Crippen molar-refractivity contribution in [2.24, 2.45) is 28.6 Å². The van der Waals surface area contributed by atoms with Gasteiger partial charge >= 0.3 is 5.97 Å². The maximum atomic E-state index is 13.1. The zero-order valence-electron chi connectivity index (χ0n) is 18.1. The number of hydrogen-bond donors (Lipinski definition) is 2. The largest absolute Gasteiger partial charge is 0.481 e. The zero-order chi connectivity index (χ0) is 21.7. The van der Waals surface area contributed by atoms with Crippen LogP contribution in [-0.4, -0.2) is 44.9 Å². The van der Waals surface area contributed by atoms with E-state index in [1.54, 1.807) is 0 Å². The Labute approximate surface area is 183 Å². The predicted molar refractivity (Wildman–Crippen MR) is 116 cm³/mol. The average molecular weight is 435 g/mol. The fourth-order valence-corrected chi connectivity index (χ4v) is 8.36. The molecule has 0 bridgehead atoms. The molecule has 4 rings (SSSR count). The second kappa shape index (κ2) is 7.77. The molecule has 4 aliphatic carbocycles. The highest BCUT2D eigenvalue weighted by atomic mass is 32.2. The highest BCUT2D eigenvalue weighted by Gasteiger charge is 2.65. The average Bonchev–Trinajstić information content (AvgIpc) is 2.98. The quantitative estimate of drug-likeness (QED) is 0.614. The molecule has 6 atom stereocenters. The first-order chi connectivity index (χ1) is 14.1. The number of ketones is 2. The Morgan fingerprint density at radius 2 is 1.83 bits per heavy atom. The Morgan fingerprint density at radius 1 is 1.10 bits per heavy atom. The number of Topliss-reactive ketones (excluding diaryl/α,β-unsaturated/α-hetero) is 1. The third kappa shape index (κ3) is 3.29. The SMILES string of the molecule is C[C@]12CCC(=O)C=C1CC[C@@H]1[C@@H]2CC[C@@]2(C)[C@H]1CC[C@]2(O)C(=O)CSCCC(=O)O. The van der Waals surface area contributed by atoms with Gasteiger partial charge in [-0.25, -0.2) is 0 Å². The lowest BCUT2D eigenvalue weighted by Crippen LogP contribution is -2.58. The van der Waals surface area contributed by atoms with Crippen molar-refractivity contribution in [3.63, 3.8) is 0 Å². The van der Waals surface area contributed by atoms with Gasteiger partial charge in [-0.15, -0.1) is 0 Å². The van der Waals surface area contributed by atoms with Gasteiger partial charge < -0.3 is 10.2 Å². The Balaban J connectivity index is 1.51. The summed E-state index contributed by atoms with van der Waals surface area (Å²) in [6, 6.07) is 0. The molecular formula is C24H34O5S. The van der Waals surface area contributed by atoms with Crippen LogP contribution in [0.15, 0.2) is 11.6 Å². The van der Waals surface area contributed by atoms with E-state index in [1.165, 1.54) is 17.3 Å². The molecule has 0 aliphatic heterocycles. The second-order valence-electron chi connectivity index (χ2n) is 10.4. The van der Waals surface area contributed by atoms with Crippen LogP contribution in [-0.2, 0) is 14.4 Å². The van der Waals surface area contributed by atoms with Crippen molar-refractivity contribution in [2.45, 2.75) is 77.2 Å². The van der Waals surface area contributed by atoms with Crippen molar-refractivity contribution in [3.8, 4) is 0 Å². The first-order valence-corrected chi connectivity index (χ1v) is 12.6. The number of aliphatic hydroxyl groups is 1. The van der Waals surface area contributed by atoms with Gasteiger partial charge in [0, 0.05) is 17.6 Å². The first-order valence-electron chi connectivity index (χ1n) is 11.4. The van der Waals surface area contributed by atoms with Crippen LogP contribution < -0.4 is 0 Å². The minimum Gasteiger partial charge on any atom is -0.481 e. The molecule has 3 saturated carbocycles. The van der Waals surface area contributed by atoms with Gasteiger partial charge in [-0.3, -0.25) is 14.4 Å². The van der Waals surface area contributed by atoms with Gasteiger partial charge in [-0.2, -0.15) is 11.8 Å². The molecule has 166 valence electrons. The van der Waals surface area contributed by atoms with Crippen LogP contribution in [0.4, 0.5) is 0 Å². The van der Waals surface area contributed by atoms with E-state index in [0.29, 0.717) is 36.3 Å². The van der Waals surface area contributed by atoms with Gasteiger partial charge in [-0.1, -0.05) is 19.4 Å². The van der Waals surface area contributed by atoms with Crippen LogP contribution in [0, 0.1) is 28.6 Å². The highest BCUT2D eigenvalue weighted by Crippen LogP contribution is 2.67. The summed E-state index contributed by atoms with van der Waals surface area (Å²) in [7, 11) is 0. The third-order valence-electron chi connectivity index (χ3n) is 9.27. The van der Waals surface area contributed by atoms with Crippen LogP contribution >= 0.6 is 11.8 Å². The van der Waals surface area contributed by atoms with E-state index in [1.807, 2.05) is 6.08 Å². The number of thioether (sulfide) groups is 1. The van der Waals surface area contributed by atoms with Crippen molar-refractivity contribution in [1.29, 1.82) is 0 Å². The summed E-state index contributed by atoms with van der Waals surface area (Å²) in [5, 5.41) is 20.4. The molecule has 0 radical (unpaired) electrons. The van der Waals surface area contributed by atoms with Gasteiger partial charge in [0.15, 0.2) is 11.6 Å². The molecule has 5 nitrogen and oxygen atoms in total. The van der Waals surface area contributed by atoms with Gasteiger partial charge in [0.25, 0.3) is 0 Å². The molecule has 0 spiro atoms. The predicted octanol–water partition coefficient (Wildman–Crippen LogP) is 4.03. The summed E-state index contributed by atoms with van der Waals surface area (Å²) in [5.74, 6) is 1.25. The molecule has 30 heavy (non-hydrogen) atoms. The molecule has 3 fully saturated rings. The number of aliphatic carboxylic acids is 1. The molecule has 0 heterocycles. The number of hydrogen-bond acceptors (Lipinski definition) is 5. The fraction of sp³-hybridized carbons (Fsp3) is 0.792. The van der Waals surface area contributed by atoms with Crippen LogP contribution in [0.3, 0.4) is 0 Å². The Bertz CT molecular complexity index is 790. The maximum Gasteiger partial charge on any atom is 0.304 e. The van der Waals surface area contributed by atoms with E-state index < -0.39 is 17.0 Å². The highest BCUT2D eigenvalue weighted by molar-refractivity contribution is 7.99. The molecule has 2 N–H and O–H groups in total. The molecule has 0 saturated heterocycles. The van der Waals surface area contributed by atoms with Crippen LogP contribution in [0.1, 0.15) is 71.6 Å². The van der Waals surface area contributed by atoms with E-state index in [2.05, 4.69) is 13.8 Å². The molecule has 0 unspecified atom stereocenters. The number of rotatable bonds is 6. The van der Waals surface area contributed by atoms with E-state index in [-0.39, 0.29) is 29.2 Å². The minimum absolute atomic E-state index is 0.0386. The smallest absolute Gasteiger partial charge is 0.304 e. The van der Waals surface area contributed by atoms with E-state index in [9.17, 15) is 19.5 Å². The minimum atomic E-state index is -1.29. The summed E-state index contributed by atoms with van der Waals surface area (Å²) in [6.07, 6.45) is 8.80. The molecule has 4 aliphatic rings. The molecule has 0 aromatic rings. The maximum absolute atomic E-state index is 13.1. The van der Waals surface area contributed by atoms with Crippen molar-refractivity contribution in [2.75, 3.05) is 11.5 Å². The Hall–Kier alpha value is -1.14. The standard InChI is InChI=1S/C24H34O5S/c1-22-9-5-16(25)13-15(22)3-4-17-18(22)6-10-23(2)19(17)7-11-24(23,29)20(26)14-30-12-8-21(27)28/h13,17-19,29H,3-12,14H2,1-2H3,(H,27,28)/t17-,18+,19+,22+,23+,24+/m1/s1.